The van der Waals surface area contributed by atoms with Gasteiger partial charge in [0.1, 0.15) is 0 Å². The molecule has 2 N–H and O–H groups in total. The summed E-state index contributed by atoms with van der Waals surface area (Å²) in [4.78, 5) is 16.7. The summed E-state index contributed by atoms with van der Waals surface area (Å²) in [5.74, 6) is 0. The number of hydrogen-bond donors (Lipinski definition) is 2. The number of pyridine rings is 1. The minimum Gasteiger partial charge on any atom is -0.381 e. The van der Waals surface area contributed by atoms with Gasteiger partial charge in [-0.05, 0) is 29.8 Å². The van der Waals surface area contributed by atoms with Crippen LogP contribution in [-0.4, -0.2) is 36.2 Å². The standard InChI is InChI=1S/C17H20ClN3O2/c18-16-4-3-15(20-11-13-2-1-5-19-17(13)22)10-14(16)12-21-6-8-23-9-7-21/h1-5,10,20H,6-9,11-12H2,(H,19,22). The zero-order valence-electron chi connectivity index (χ0n) is 12.8. The van der Waals surface area contributed by atoms with Crippen molar-refractivity contribution in [1.82, 2.24) is 9.88 Å². The Labute approximate surface area is 140 Å². The zero-order chi connectivity index (χ0) is 16.1. The highest BCUT2D eigenvalue weighted by Gasteiger charge is 2.13. The average molecular weight is 334 g/mol. The van der Waals surface area contributed by atoms with Crippen LogP contribution in [0.15, 0.2) is 41.3 Å². The fourth-order valence-electron chi connectivity index (χ4n) is 2.60. The predicted molar refractivity (Wildman–Crippen MR) is 91.9 cm³/mol. The molecule has 3 rings (SSSR count). The number of H-pyrrole nitrogens is 1. The Morgan fingerprint density at radius 1 is 1.22 bits per heavy atom. The van der Waals surface area contributed by atoms with Crippen LogP contribution >= 0.6 is 11.6 Å². The second-order valence-corrected chi connectivity index (χ2v) is 5.98. The number of nitrogens with one attached hydrogen (secondary N) is 2. The van der Waals surface area contributed by atoms with Crippen molar-refractivity contribution in [2.45, 2.75) is 13.1 Å². The van der Waals surface area contributed by atoms with E-state index in [0.29, 0.717) is 12.1 Å². The second-order valence-electron chi connectivity index (χ2n) is 5.57. The average Bonchev–Trinajstić information content (AvgIpc) is 2.58. The maximum Gasteiger partial charge on any atom is 0.252 e. The fourth-order valence-corrected chi connectivity index (χ4v) is 2.78. The zero-order valence-corrected chi connectivity index (χ0v) is 13.6. The van der Waals surface area contributed by atoms with Gasteiger partial charge in [-0.1, -0.05) is 17.7 Å². The van der Waals surface area contributed by atoms with E-state index >= 15 is 0 Å². The smallest absolute Gasteiger partial charge is 0.252 e. The van der Waals surface area contributed by atoms with Crippen LogP contribution in [0.25, 0.3) is 0 Å². The van der Waals surface area contributed by atoms with Crippen molar-refractivity contribution >= 4 is 17.3 Å². The lowest BCUT2D eigenvalue weighted by atomic mass is 10.1. The molecule has 6 heteroatoms. The Morgan fingerprint density at radius 3 is 2.83 bits per heavy atom. The van der Waals surface area contributed by atoms with Crippen LogP contribution in [0, 0.1) is 0 Å². The molecule has 1 saturated heterocycles. The van der Waals surface area contributed by atoms with Crippen LogP contribution in [0.4, 0.5) is 5.69 Å². The summed E-state index contributed by atoms with van der Waals surface area (Å²) in [6.45, 7) is 4.68. The summed E-state index contributed by atoms with van der Waals surface area (Å²) < 4.78 is 5.37. The molecule has 0 unspecified atom stereocenters. The molecule has 0 atom stereocenters. The molecule has 0 spiro atoms. The molecule has 0 radical (unpaired) electrons. The third kappa shape index (κ3) is 4.34. The van der Waals surface area contributed by atoms with Gasteiger partial charge in [-0.15, -0.1) is 0 Å². The van der Waals surface area contributed by atoms with Gasteiger partial charge in [0.25, 0.3) is 5.56 Å². The number of nitrogens with zero attached hydrogens (tertiary/aromatic N) is 1. The molecule has 2 heterocycles. The first kappa shape index (κ1) is 16.1. The van der Waals surface area contributed by atoms with Crippen LogP contribution in [0.2, 0.25) is 5.02 Å². The molecule has 1 aliphatic heterocycles. The van der Waals surface area contributed by atoms with Crippen molar-refractivity contribution < 1.29 is 4.74 Å². The minimum atomic E-state index is -0.0671. The van der Waals surface area contributed by atoms with E-state index in [1.54, 1.807) is 6.20 Å². The summed E-state index contributed by atoms with van der Waals surface area (Å²) in [5.41, 5.74) is 2.68. The van der Waals surface area contributed by atoms with Crippen molar-refractivity contribution in [3.05, 3.63) is 63.0 Å². The Hall–Kier alpha value is -1.82. The maximum absolute atomic E-state index is 11.7. The molecule has 1 aromatic carbocycles. The van der Waals surface area contributed by atoms with Crippen molar-refractivity contribution in [3.63, 3.8) is 0 Å². The van der Waals surface area contributed by atoms with Crippen LogP contribution in [-0.2, 0) is 17.8 Å². The molecule has 0 amide bonds. The Morgan fingerprint density at radius 2 is 2.04 bits per heavy atom. The number of morpholine rings is 1. The van der Waals surface area contributed by atoms with Gasteiger partial charge in [0, 0.05) is 48.6 Å². The quantitative estimate of drug-likeness (QED) is 0.882. The summed E-state index contributed by atoms with van der Waals surface area (Å²) in [6.07, 6.45) is 1.63. The number of aromatic nitrogens is 1. The van der Waals surface area contributed by atoms with Crippen LogP contribution in [0.1, 0.15) is 11.1 Å². The number of hydrogen-bond acceptors (Lipinski definition) is 4. The lowest BCUT2D eigenvalue weighted by Crippen LogP contribution is -2.35. The van der Waals surface area contributed by atoms with E-state index < -0.39 is 0 Å². The van der Waals surface area contributed by atoms with Gasteiger partial charge in [-0.3, -0.25) is 9.69 Å². The number of halogens is 1. The molecule has 0 aliphatic carbocycles. The normalized spacial score (nSPS) is 15.5. The summed E-state index contributed by atoms with van der Waals surface area (Å²) in [6, 6.07) is 9.52. The van der Waals surface area contributed by atoms with Gasteiger partial charge < -0.3 is 15.0 Å². The lowest BCUT2D eigenvalue weighted by Gasteiger charge is -2.27. The lowest BCUT2D eigenvalue weighted by molar-refractivity contribution is 0.0342. The van der Waals surface area contributed by atoms with Crippen molar-refractivity contribution in [1.29, 1.82) is 0 Å². The third-order valence-electron chi connectivity index (χ3n) is 3.93. The molecule has 1 aliphatic rings. The van der Waals surface area contributed by atoms with Gasteiger partial charge in [-0.25, -0.2) is 0 Å². The van der Waals surface area contributed by atoms with Crippen molar-refractivity contribution in [2.75, 3.05) is 31.6 Å². The molecule has 2 aromatic rings. The molecule has 1 fully saturated rings. The highest BCUT2D eigenvalue weighted by molar-refractivity contribution is 6.31. The highest BCUT2D eigenvalue weighted by atomic mass is 35.5. The second kappa shape index (κ2) is 7.64. The molecule has 23 heavy (non-hydrogen) atoms. The van der Waals surface area contributed by atoms with E-state index in [1.807, 2.05) is 24.3 Å². The topological polar surface area (TPSA) is 57.4 Å². The molecular formula is C17H20ClN3O2. The van der Waals surface area contributed by atoms with E-state index in [-0.39, 0.29) is 5.56 Å². The van der Waals surface area contributed by atoms with Gasteiger partial charge in [0.05, 0.1) is 13.2 Å². The Balaban J connectivity index is 1.67. The van der Waals surface area contributed by atoms with E-state index in [2.05, 4.69) is 21.3 Å². The van der Waals surface area contributed by atoms with Crippen molar-refractivity contribution in [2.24, 2.45) is 0 Å². The first-order valence-corrected chi connectivity index (χ1v) is 8.09. The maximum atomic E-state index is 11.7. The number of aromatic amines is 1. The summed E-state index contributed by atoms with van der Waals surface area (Å²) >= 11 is 6.32. The summed E-state index contributed by atoms with van der Waals surface area (Å²) in [5, 5.41) is 4.05. The Bertz CT molecular complexity index is 711. The molecule has 1 aromatic heterocycles. The first-order chi connectivity index (χ1) is 11.2. The van der Waals surface area contributed by atoms with E-state index in [9.17, 15) is 4.79 Å². The fraction of sp³-hybridized carbons (Fsp3) is 0.353. The van der Waals surface area contributed by atoms with E-state index in [4.69, 9.17) is 16.3 Å². The molecule has 5 nitrogen and oxygen atoms in total. The number of benzene rings is 1. The van der Waals surface area contributed by atoms with Gasteiger partial charge >= 0.3 is 0 Å². The summed E-state index contributed by atoms with van der Waals surface area (Å²) in [7, 11) is 0. The van der Waals surface area contributed by atoms with E-state index in [0.717, 1.165) is 49.1 Å². The van der Waals surface area contributed by atoms with Gasteiger partial charge in [-0.2, -0.15) is 0 Å². The number of anilines is 1. The molecule has 122 valence electrons. The van der Waals surface area contributed by atoms with E-state index in [1.165, 1.54) is 0 Å². The van der Waals surface area contributed by atoms with Crippen LogP contribution in [0.3, 0.4) is 0 Å². The molecule has 0 bridgehead atoms. The largest absolute Gasteiger partial charge is 0.381 e. The SMILES string of the molecule is O=c1[nH]cccc1CNc1ccc(Cl)c(CN2CCOCC2)c1. The number of rotatable bonds is 5. The number of ether oxygens (including phenoxy) is 1. The predicted octanol–water partition coefficient (Wildman–Crippen LogP) is 2.47. The minimum absolute atomic E-state index is 0.0671. The monoisotopic (exact) mass is 333 g/mol. The highest BCUT2D eigenvalue weighted by Crippen LogP contribution is 2.22. The van der Waals surface area contributed by atoms with Crippen molar-refractivity contribution in [3.8, 4) is 0 Å². The Kier molecular flexibility index (Phi) is 5.33. The molecular weight excluding hydrogens is 314 g/mol. The van der Waals surface area contributed by atoms with Crippen LogP contribution in [0.5, 0.6) is 0 Å². The van der Waals surface area contributed by atoms with Gasteiger partial charge in [0.15, 0.2) is 0 Å². The van der Waals surface area contributed by atoms with Crippen LogP contribution < -0.4 is 10.9 Å². The first-order valence-electron chi connectivity index (χ1n) is 7.71. The molecule has 0 saturated carbocycles. The van der Waals surface area contributed by atoms with Gasteiger partial charge in [0.2, 0.25) is 0 Å². The third-order valence-corrected chi connectivity index (χ3v) is 4.29.